The number of ether oxygens (including phenoxy) is 3. The van der Waals surface area contributed by atoms with Crippen molar-refractivity contribution in [2.75, 3.05) is 31.5 Å². The van der Waals surface area contributed by atoms with E-state index < -0.39 is 24.4 Å². The molecule has 10 nitrogen and oxygen atoms in total. The van der Waals surface area contributed by atoms with Crippen LogP contribution >= 0.6 is 0 Å². The second-order valence-corrected chi connectivity index (χ2v) is 8.96. The highest BCUT2D eigenvalue weighted by Crippen LogP contribution is 2.39. The number of halogens is 2. The zero-order valence-electron chi connectivity index (χ0n) is 20.4. The molecule has 1 unspecified atom stereocenters. The second-order valence-electron chi connectivity index (χ2n) is 8.96. The van der Waals surface area contributed by atoms with Gasteiger partial charge in [-0.05, 0) is 44.2 Å². The van der Waals surface area contributed by atoms with Crippen LogP contribution in [0.2, 0.25) is 0 Å². The maximum atomic E-state index is 14.2. The number of imidazole rings is 1. The molecule has 5 rings (SSSR count). The maximum absolute atomic E-state index is 14.2. The van der Waals surface area contributed by atoms with E-state index in [0.717, 1.165) is 25.7 Å². The Hall–Kier alpha value is -3.80. The van der Waals surface area contributed by atoms with Crippen molar-refractivity contribution >= 4 is 40.2 Å². The van der Waals surface area contributed by atoms with E-state index in [-0.39, 0.29) is 40.1 Å². The van der Waals surface area contributed by atoms with Crippen molar-refractivity contribution in [1.82, 2.24) is 14.5 Å². The summed E-state index contributed by atoms with van der Waals surface area (Å²) in [7, 11) is 2.66. The van der Waals surface area contributed by atoms with Crippen molar-refractivity contribution in [2.24, 2.45) is 5.92 Å². The molecule has 37 heavy (non-hydrogen) atoms. The molecule has 2 aromatic heterocycles. The predicted molar refractivity (Wildman–Crippen MR) is 130 cm³/mol. The summed E-state index contributed by atoms with van der Waals surface area (Å²) in [6.45, 7) is 0.438. The second kappa shape index (κ2) is 10.3. The highest BCUT2D eigenvalue weighted by molar-refractivity contribution is 5.99. The van der Waals surface area contributed by atoms with Gasteiger partial charge in [0.05, 0.1) is 25.6 Å². The summed E-state index contributed by atoms with van der Waals surface area (Å²) in [5.41, 5.74) is 1.17. The Bertz CT molecular complexity index is 1330. The summed E-state index contributed by atoms with van der Waals surface area (Å²) < 4.78 is 45.8. The van der Waals surface area contributed by atoms with Gasteiger partial charge in [-0.1, -0.05) is 6.07 Å². The molecule has 1 amide bonds. The summed E-state index contributed by atoms with van der Waals surface area (Å²) in [6.07, 6.45) is 0.229. The number of hydrogen-bond donors (Lipinski definition) is 2. The summed E-state index contributed by atoms with van der Waals surface area (Å²) in [6, 6.07) is 6.37. The first kappa shape index (κ1) is 24.9. The number of nitrogens with zero attached hydrogens (tertiary/aromatic N) is 3. The summed E-state index contributed by atoms with van der Waals surface area (Å²) in [5.74, 6) is -0.958. The van der Waals surface area contributed by atoms with Crippen molar-refractivity contribution in [3.05, 3.63) is 35.7 Å². The lowest BCUT2D eigenvalue weighted by Crippen LogP contribution is -2.21. The zero-order valence-corrected chi connectivity index (χ0v) is 20.4. The molecule has 196 valence electrons. The van der Waals surface area contributed by atoms with E-state index in [9.17, 15) is 18.4 Å². The average Bonchev–Trinajstić information content (AvgIpc) is 3.69. The van der Waals surface area contributed by atoms with Gasteiger partial charge in [-0.3, -0.25) is 9.36 Å². The van der Waals surface area contributed by atoms with E-state index in [4.69, 9.17) is 14.2 Å². The van der Waals surface area contributed by atoms with E-state index in [2.05, 4.69) is 20.6 Å². The van der Waals surface area contributed by atoms with Crippen LogP contribution in [-0.4, -0.2) is 47.2 Å². The number of alkyl halides is 2. The Labute approximate surface area is 211 Å². The lowest BCUT2D eigenvalue weighted by atomic mass is 10.1. The van der Waals surface area contributed by atoms with Crippen LogP contribution in [-0.2, 0) is 14.3 Å². The van der Waals surface area contributed by atoms with Gasteiger partial charge < -0.3 is 24.8 Å². The number of carbonyl (C=O) groups is 2. The number of fused-ring (bicyclic) bond motifs is 1. The number of benzene rings is 1. The molecule has 3 aromatic rings. The highest BCUT2D eigenvalue weighted by atomic mass is 19.3. The number of carbonyl (C=O) groups excluding carboxylic acids is 2. The van der Waals surface area contributed by atoms with Crippen LogP contribution in [0, 0.1) is 5.92 Å². The first-order valence-corrected chi connectivity index (χ1v) is 12.1. The molecule has 1 aliphatic heterocycles. The lowest BCUT2D eigenvalue weighted by molar-refractivity contribution is -0.117. The summed E-state index contributed by atoms with van der Waals surface area (Å²) in [4.78, 5) is 33.5. The number of hydrogen-bond acceptors (Lipinski definition) is 8. The molecule has 0 bridgehead atoms. The molecule has 12 heteroatoms. The van der Waals surface area contributed by atoms with Crippen LogP contribution in [0.1, 0.15) is 60.9 Å². The van der Waals surface area contributed by atoms with Gasteiger partial charge in [0.15, 0.2) is 17.2 Å². The Balaban J connectivity index is 1.66. The number of nitrogens with one attached hydrogen (secondary N) is 2. The number of esters is 1. The molecule has 2 fully saturated rings. The smallest absolute Gasteiger partial charge is 0.341 e. The number of rotatable bonds is 8. The lowest BCUT2D eigenvalue weighted by Gasteiger charge is -2.25. The van der Waals surface area contributed by atoms with Crippen LogP contribution in [0.15, 0.2) is 24.3 Å². The van der Waals surface area contributed by atoms with Gasteiger partial charge in [0.1, 0.15) is 23.1 Å². The molecule has 1 atom stereocenters. The van der Waals surface area contributed by atoms with Gasteiger partial charge in [0.2, 0.25) is 5.91 Å². The van der Waals surface area contributed by atoms with Gasteiger partial charge in [-0.25, -0.2) is 23.5 Å². The molecule has 1 aliphatic carbocycles. The number of para-hydroxylation sites is 1. The fourth-order valence-electron chi connectivity index (χ4n) is 4.45. The van der Waals surface area contributed by atoms with E-state index in [1.165, 1.54) is 24.9 Å². The fraction of sp³-hybridized carbons (Fsp3) is 0.440. The van der Waals surface area contributed by atoms with E-state index >= 15 is 0 Å². The van der Waals surface area contributed by atoms with Crippen LogP contribution < -0.4 is 15.4 Å². The Morgan fingerprint density at radius 1 is 1.14 bits per heavy atom. The van der Waals surface area contributed by atoms with Gasteiger partial charge in [0, 0.05) is 18.6 Å². The molecule has 1 saturated carbocycles. The summed E-state index contributed by atoms with van der Waals surface area (Å²) >= 11 is 0. The molecule has 2 N–H and O–H groups in total. The molecular weight excluding hydrogens is 488 g/mol. The monoisotopic (exact) mass is 515 g/mol. The summed E-state index contributed by atoms with van der Waals surface area (Å²) in [5, 5.41) is 5.93. The minimum absolute atomic E-state index is 0.0889. The molecule has 1 aromatic carbocycles. The number of pyridine rings is 1. The molecule has 0 radical (unpaired) electrons. The third-order valence-corrected chi connectivity index (χ3v) is 6.41. The molecule has 1 saturated heterocycles. The Kier molecular flexibility index (Phi) is 6.92. The van der Waals surface area contributed by atoms with Gasteiger partial charge in [-0.15, -0.1) is 0 Å². The molecule has 0 spiro atoms. The predicted octanol–water partition coefficient (Wildman–Crippen LogP) is 4.96. The highest BCUT2D eigenvalue weighted by Gasteiger charge is 2.32. The Morgan fingerprint density at radius 3 is 2.59 bits per heavy atom. The van der Waals surface area contributed by atoms with Crippen molar-refractivity contribution in [3.63, 3.8) is 0 Å². The zero-order chi connectivity index (χ0) is 26.1. The standard InChI is InChI=1S/C25H27F2N5O5/c1-35-20-14(25(34)36-2)6-5-7-15(20)28-16-12-17(30-24(33)13-9-10-13)29-22-19(16)31-23(21(26)27)32(22)18-8-3-4-11-37-18/h5-7,12-13,18,21H,3-4,8-11H2,1-2H3,(H2,28,29,30,33). The van der Waals surface area contributed by atoms with Crippen LogP contribution in [0.5, 0.6) is 5.75 Å². The van der Waals surface area contributed by atoms with Gasteiger partial charge in [-0.2, -0.15) is 0 Å². The van der Waals surface area contributed by atoms with Crippen LogP contribution in [0.25, 0.3) is 11.2 Å². The van der Waals surface area contributed by atoms with E-state index in [1.54, 1.807) is 18.2 Å². The first-order chi connectivity index (χ1) is 17.9. The maximum Gasteiger partial charge on any atom is 0.341 e. The van der Waals surface area contributed by atoms with Crippen LogP contribution in [0.4, 0.5) is 26.0 Å². The number of amides is 1. The van der Waals surface area contributed by atoms with Crippen LogP contribution in [0.3, 0.4) is 0 Å². The average molecular weight is 516 g/mol. The quantitative estimate of drug-likeness (QED) is 0.405. The topological polar surface area (TPSA) is 117 Å². The molecular formula is C25H27F2N5O5. The van der Waals surface area contributed by atoms with Gasteiger partial charge in [0.25, 0.3) is 6.43 Å². The number of anilines is 3. The van der Waals surface area contributed by atoms with Crippen molar-refractivity contribution in [2.45, 2.75) is 44.8 Å². The van der Waals surface area contributed by atoms with Crippen molar-refractivity contribution in [3.8, 4) is 5.75 Å². The third-order valence-electron chi connectivity index (χ3n) is 6.41. The Morgan fingerprint density at radius 2 is 1.95 bits per heavy atom. The largest absolute Gasteiger partial charge is 0.494 e. The van der Waals surface area contributed by atoms with Crippen molar-refractivity contribution < 1.29 is 32.6 Å². The first-order valence-electron chi connectivity index (χ1n) is 12.1. The SMILES string of the molecule is COC(=O)c1cccc(Nc2cc(NC(=O)C3CC3)nc3c2nc(C(F)F)n3C2CCCCO2)c1OC. The number of methoxy groups -OCH3 is 2. The molecule has 3 heterocycles. The number of aromatic nitrogens is 3. The minimum Gasteiger partial charge on any atom is -0.494 e. The normalized spacial score (nSPS) is 17.6. The van der Waals surface area contributed by atoms with E-state index in [0.29, 0.717) is 24.4 Å². The fourth-order valence-corrected chi connectivity index (χ4v) is 4.45. The van der Waals surface area contributed by atoms with Crippen molar-refractivity contribution in [1.29, 1.82) is 0 Å². The van der Waals surface area contributed by atoms with Gasteiger partial charge >= 0.3 is 5.97 Å². The molecule has 2 aliphatic rings. The third kappa shape index (κ3) is 4.93. The minimum atomic E-state index is -2.88. The van der Waals surface area contributed by atoms with E-state index in [1.807, 2.05) is 0 Å².